The Morgan fingerprint density at radius 2 is 1.81 bits per heavy atom. The monoisotopic (exact) mass is 369 g/mol. The Hall–Kier alpha value is -3.55. The van der Waals surface area contributed by atoms with Crippen molar-refractivity contribution < 1.29 is 14.3 Å². The summed E-state index contributed by atoms with van der Waals surface area (Å²) in [5.74, 6) is -2.15. The molecule has 1 heterocycles. The molecule has 0 amide bonds. The molecule has 1 unspecified atom stereocenters. The number of benzene rings is 2. The summed E-state index contributed by atoms with van der Waals surface area (Å²) in [7, 11) is 0. The maximum atomic E-state index is 13.9. The number of rotatable bonds is 4. The van der Waals surface area contributed by atoms with Crippen molar-refractivity contribution in [3.8, 4) is 5.69 Å². The Labute approximate surface area is 152 Å². The predicted molar refractivity (Wildman–Crippen MR) is 96.0 cm³/mol. The highest BCUT2D eigenvalue weighted by Crippen LogP contribution is 2.15. The molecule has 1 N–H and O–H groups in total. The van der Waals surface area contributed by atoms with Crippen molar-refractivity contribution >= 4 is 5.97 Å². The van der Waals surface area contributed by atoms with E-state index in [-0.39, 0.29) is 5.69 Å². The predicted octanol–water partition coefficient (Wildman–Crippen LogP) is 2.15. The lowest BCUT2D eigenvalue weighted by molar-refractivity contribution is 0.0684. The van der Waals surface area contributed by atoms with Crippen LogP contribution in [0.2, 0.25) is 0 Å². The van der Waals surface area contributed by atoms with Crippen LogP contribution >= 0.6 is 0 Å². The van der Waals surface area contributed by atoms with Gasteiger partial charge < -0.3 is 5.11 Å². The van der Waals surface area contributed by atoms with Crippen LogP contribution in [-0.4, -0.2) is 25.4 Å². The first kappa shape index (κ1) is 18.2. The summed E-state index contributed by atoms with van der Waals surface area (Å²) in [5, 5.41) is 13.0. The fraction of sp³-hybridized carbons (Fsp3) is 0.158. The first-order valence-electron chi connectivity index (χ1n) is 8.12. The van der Waals surface area contributed by atoms with E-state index in [4.69, 9.17) is 0 Å². The highest BCUT2D eigenvalue weighted by atomic mass is 19.1. The van der Waals surface area contributed by atoms with Gasteiger partial charge in [-0.05, 0) is 31.0 Å². The number of aryl methyl sites for hydroxylation is 1. The maximum Gasteiger partial charge on any atom is 0.362 e. The molecule has 0 aliphatic carbocycles. The molecule has 0 saturated heterocycles. The normalized spacial score (nSPS) is 12.0. The summed E-state index contributed by atoms with van der Waals surface area (Å²) in [6.45, 7) is 3.15. The zero-order chi connectivity index (χ0) is 19.7. The van der Waals surface area contributed by atoms with Crippen molar-refractivity contribution in [3.63, 3.8) is 0 Å². The number of aromatic carboxylic acids is 1. The summed E-state index contributed by atoms with van der Waals surface area (Å²) in [5.41, 5.74) is -1.67. The quantitative estimate of drug-likeness (QED) is 0.760. The van der Waals surface area contributed by atoms with E-state index in [2.05, 4.69) is 5.10 Å². The molecule has 0 fully saturated rings. The first-order valence-corrected chi connectivity index (χ1v) is 8.12. The third kappa shape index (κ3) is 3.29. The number of nitrogens with zero attached hydrogens (tertiary/aromatic N) is 3. The van der Waals surface area contributed by atoms with Gasteiger partial charge >= 0.3 is 11.7 Å². The zero-order valence-corrected chi connectivity index (χ0v) is 14.6. The molecule has 0 saturated carbocycles. The van der Waals surface area contributed by atoms with Gasteiger partial charge in [-0.3, -0.25) is 4.79 Å². The minimum absolute atomic E-state index is 0.0274. The second-order valence-corrected chi connectivity index (χ2v) is 6.04. The topological polar surface area (TPSA) is 94.2 Å². The maximum absolute atomic E-state index is 13.9. The number of carbonyl (C=O) groups is 1. The Kier molecular flexibility index (Phi) is 4.72. The van der Waals surface area contributed by atoms with Crippen molar-refractivity contribution in [2.75, 3.05) is 0 Å². The van der Waals surface area contributed by atoms with Gasteiger partial charge in [0.2, 0.25) is 5.69 Å². The molecule has 2 aromatic carbocycles. The van der Waals surface area contributed by atoms with Crippen LogP contribution in [0.3, 0.4) is 0 Å². The molecule has 3 rings (SSSR count). The molecule has 0 bridgehead atoms. The molecule has 8 heteroatoms. The van der Waals surface area contributed by atoms with E-state index in [1.165, 1.54) is 12.1 Å². The van der Waals surface area contributed by atoms with Gasteiger partial charge in [0.05, 0.1) is 11.7 Å². The molecule has 138 valence electrons. The lowest BCUT2D eigenvalue weighted by atomic mass is 10.1. The molecular formula is C19H16FN3O4. The number of hydrogen-bond acceptors (Lipinski definition) is 4. The van der Waals surface area contributed by atoms with Gasteiger partial charge in [-0.25, -0.2) is 18.5 Å². The van der Waals surface area contributed by atoms with Crippen LogP contribution in [0.25, 0.3) is 5.69 Å². The molecule has 1 aromatic heterocycles. The second-order valence-electron chi connectivity index (χ2n) is 6.04. The average molecular weight is 369 g/mol. The number of carboxylic acid groups (broad SMARTS) is 1. The average Bonchev–Trinajstić information content (AvgIpc) is 2.64. The molecule has 7 nitrogen and oxygen atoms in total. The molecule has 1 atom stereocenters. The highest BCUT2D eigenvalue weighted by molar-refractivity contribution is 5.84. The Morgan fingerprint density at radius 1 is 1.15 bits per heavy atom. The van der Waals surface area contributed by atoms with Crippen LogP contribution in [0, 0.1) is 12.7 Å². The van der Waals surface area contributed by atoms with E-state index in [9.17, 15) is 23.9 Å². The molecule has 0 aliphatic rings. The molecule has 0 spiro atoms. The van der Waals surface area contributed by atoms with Crippen LogP contribution in [-0.2, 0) is 0 Å². The Bertz CT molecular complexity index is 1140. The summed E-state index contributed by atoms with van der Waals surface area (Å²) < 4.78 is 15.5. The zero-order valence-electron chi connectivity index (χ0n) is 14.6. The summed E-state index contributed by atoms with van der Waals surface area (Å²) >= 11 is 0. The highest BCUT2D eigenvalue weighted by Gasteiger charge is 2.23. The van der Waals surface area contributed by atoms with Gasteiger partial charge in [-0.15, -0.1) is 0 Å². The van der Waals surface area contributed by atoms with Crippen LogP contribution in [0.5, 0.6) is 0 Å². The van der Waals surface area contributed by atoms with Gasteiger partial charge in [0.15, 0.2) is 0 Å². The molecule has 0 aliphatic heterocycles. The van der Waals surface area contributed by atoms with E-state index in [0.717, 1.165) is 15.3 Å². The van der Waals surface area contributed by atoms with E-state index >= 15 is 0 Å². The van der Waals surface area contributed by atoms with E-state index in [1.807, 2.05) is 0 Å². The van der Waals surface area contributed by atoms with Crippen molar-refractivity contribution in [3.05, 3.63) is 92.0 Å². The molecule has 3 aromatic rings. The largest absolute Gasteiger partial charge is 0.476 e. The summed E-state index contributed by atoms with van der Waals surface area (Å²) in [4.78, 5) is 37.0. The number of aromatic nitrogens is 3. The lowest BCUT2D eigenvalue weighted by Gasteiger charge is -2.17. The molecule has 27 heavy (non-hydrogen) atoms. The fourth-order valence-electron chi connectivity index (χ4n) is 2.73. The van der Waals surface area contributed by atoms with Crippen LogP contribution in [0.15, 0.2) is 58.1 Å². The third-order valence-corrected chi connectivity index (χ3v) is 4.28. The van der Waals surface area contributed by atoms with Crippen molar-refractivity contribution in [2.45, 2.75) is 19.9 Å². The van der Waals surface area contributed by atoms with E-state index in [1.54, 1.807) is 44.2 Å². The molecule has 0 radical (unpaired) electrons. The van der Waals surface area contributed by atoms with Crippen molar-refractivity contribution in [1.29, 1.82) is 0 Å². The van der Waals surface area contributed by atoms with Crippen molar-refractivity contribution in [2.24, 2.45) is 0 Å². The minimum Gasteiger partial charge on any atom is -0.476 e. The summed E-state index contributed by atoms with van der Waals surface area (Å²) in [6.07, 6.45) is 0. The third-order valence-electron chi connectivity index (χ3n) is 4.28. The first-order chi connectivity index (χ1) is 12.8. The van der Waals surface area contributed by atoms with E-state index in [0.29, 0.717) is 11.1 Å². The van der Waals surface area contributed by atoms with Crippen LogP contribution < -0.4 is 11.2 Å². The fourth-order valence-corrected chi connectivity index (χ4v) is 2.73. The van der Waals surface area contributed by atoms with Crippen LogP contribution in [0.4, 0.5) is 4.39 Å². The number of hydrogen-bond donors (Lipinski definition) is 1. The second kappa shape index (κ2) is 6.99. The van der Waals surface area contributed by atoms with Gasteiger partial charge in [-0.1, -0.05) is 36.4 Å². The number of carboxylic acids is 1. The Balaban J connectivity index is 2.32. The standard InChI is InChI=1S/C19H16FN3O4/c1-11-8-9-14(10-15(11)20)23-19(27)22(17(24)16(21-23)18(25)26)12(2)13-6-4-3-5-7-13/h3-10,12H,1-2H3,(H,25,26). The van der Waals surface area contributed by atoms with Gasteiger partial charge in [0.25, 0.3) is 5.56 Å². The smallest absolute Gasteiger partial charge is 0.362 e. The SMILES string of the molecule is Cc1ccc(-n2nc(C(=O)O)c(=O)n(C(C)c3ccccc3)c2=O)cc1F. The minimum atomic E-state index is -1.57. The van der Waals surface area contributed by atoms with Crippen molar-refractivity contribution in [1.82, 2.24) is 14.3 Å². The van der Waals surface area contributed by atoms with Gasteiger partial charge in [-0.2, -0.15) is 9.78 Å². The van der Waals surface area contributed by atoms with Gasteiger partial charge in [0.1, 0.15) is 5.82 Å². The Morgan fingerprint density at radius 3 is 2.41 bits per heavy atom. The molecular weight excluding hydrogens is 353 g/mol. The van der Waals surface area contributed by atoms with E-state index < -0.39 is 34.8 Å². The number of halogens is 1. The van der Waals surface area contributed by atoms with Gasteiger partial charge in [0, 0.05) is 6.07 Å². The lowest BCUT2D eigenvalue weighted by Crippen LogP contribution is -2.45. The summed E-state index contributed by atoms with van der Waals surface area (Å²) in [6, 6.07) is 11.9. The van der Waals surface area contributed by atoms with Crippen LogP contribution in [0.1, 0.15) is 34.6 Å².